The summed E-state index contributed by atoms with van der Waals surface area (Å²) in [6.07, 6.45) is 4.55. The zero-order chi connectivity index (χ0) is 18.8. The Balaban J connectivity index is 1.44. The van der Waals surface area contributed by atoms with E-state index >= 15 is 0 Å². The number of nitrogens with zero attached hydrogens (tertiary/aromatic N) is 5. The smallest absolute Gasteiger partial charge is 0.339 e. The van der Waals surface area contributed by atoms with Gasteiger partial charge in [0.15, 0.2) is 5.82 Å². The number of H-pyrrole nitrogens is 1. The van der Waals surface area contributed by atoms with E-state index in [0.29, 0.717) is 35.4 Å². The first-order chi connectivity index (χ1) is 13.1. The number of halogens is 1. The summed E-state index contributed by atoms with van der Waals surface area (Å²) < 4.78 is 1.27. The summed E-state index contributed by atoms with van der Waals surface area (Å²) in [4.78, 5) is 37.5. The van der Waals surface area contributed by atoms with E-state index in [1.807, 2.05) is 0 Å². The number of pyridine rings is 2. The molecule has 4 rings (SSSR count). The largest absolute Gasteiger partial charge is 0.349 e. The fraction of sp³-hybridized carbons (Fsp3) is 0.278. The Kier molecular flexibility index (Phi) is 4.72. The third-order valence-corrected chi connectivity index (χ3v) is 4.87. The number of piperidine rings is 1. The van der Waals surface area contributed by atoms with E-state index in [-0.39, 0.29) is 17.5 Å². The molecule has 1 fully saturated rings. The van der Waals surface area contributed by atoms with E-state index in [1.54, 1.807) is 41.4 Å². The highest BCUT2D eigenvalue weighted by Gasteiger charge is 2.27. The minimum Gasteiger partial charge on any atom is -0.339 e. The second-order valence-electron chi connectivity index (χ2n) is 6.35. The van der Waals surface area contributed by atoms with Crippen LogP contribution in [0.2, 0.25) is 5.15 Å². The zero-order valence-corrected chi connectivity index (χ0v) is 15.1. The van der Waals surface area contributed by atoms with Gasteiger partial charge in [0, 0.05) is 31.4 Å². The second kappa shape index (κ2) is 7.32. The molecule has 1 aliphatic rings. The lowest BCUT2D eigenvalue weighted by Crippen LogP contribution is -2.38. The minimum absolute atomic E-state index is 0.0647. The van der Waals surface area contributed by atoms with Crippen LogP contribution in [0.4, 0.5) is 0 Å². The van der Waals surface area contributed by atoms with Crippen LogP contribution >= 0.6 is 11.6 Å². The van der Waals surface area contributed by atoms with E-state index < -0.39 is 0 Å². The van der Waals surface area contributed by atoms with Crippen molar-refractivity contribution in [3.8, 4) is 5.82 Å². The molecule has 0 bridgehead atoms. The average Bonchev–Trinajstić information content (AvgIpc) is 3.10. The molecule has 1 N–H and O–H groups in total. The number of carbonyl (C=O) groups is 1. The molecular formula is C18H17ClN6O2. The number of rotatable bonds is 3. The maximum absolute atomic E-state index is 12.6. The van der Waals surface area contributed by atoms with Crippen molar-refractivity contribution in [3.63, 3.8) is 0 Å². The van der Waals surface area contributed by atoms with Crippen LogP contribution in [0, 0.1) is 0 Å². The molecule has 0 radical (unpaired) electrons. The van der Waals surface area contributed by atoms with Crippen molar-refractivity contribution < 1.29 is 4.79 Å². The second-order valence-corrected chi connectivity index (χ2v) is 6.74. The van der Waals surface area contributed by atoms with Gasteiger partial charge in [-0.1, -0.05) is 17.7 Å². The van der Waals surface area contributed by atoms with E-state index in [2.05, 4.69) is 20.1 Å². The molecular weight excluding hydrogens is 368 g/mol. The summed E-state index contributed by atoms with van der Waals surface area (Å²) in [6, 6.07) is 8.60. The molecule has 0 spiro atoms. The van der Waals surface area contributed by atoms with Gasteiger partial charge < -0.3 is 4.90 Å². The molecule has 9 heteroatoms. The normalized spacial score (nSPS) is 15.1. The lowest BCUT2D eigenvalue weighted by Gasteiger charge is -2.31. The van der Waals surface area contributed by atoms with E-state index in [1.165, 1.54) is 10.9 Å². The summed E-state index contributed by atoms with van der Waals surface area (Å²) in [5.41, 5.74) is 0.208. The monoisotopic (exact) mass is 384 g/mol. The Morgan fingerprint density at radius 1 is 1.15 bits per heavy atom. The fourth-order valence-corrected chi connectivity index (χ4v) is 3.31. The molecule has 0 unspecified atom stereocenters. The van der Waals surface area contributed by atoms with E-state index in [9.17, 15) is 9.59 Å². The molecule has 4 heterocycles. The first-order valence-corrected chi connectivity index (χ1v) is 9.01. The molecule has 3 aromatic heterocycles. The van der Waals surface area contributed by atoms with E-state index in [4.69, 9.17) is 11.6 Å². The van der Waals surface area contributed by atoms with Crippen molar-refractivity contribution in [1.29, 1.82) is 0 Å². The van der Waals surface area contributed by atoms with Gasteiger partial charge in [0.1, 0.15) is 11.0 Å². The average molecular weight is 385 g/mol. The maximum Gasteiger partial charge on any atom is 0.349 e. The zero-order valence-electron chi connectivity index (χ0n) is 14.4. The van der Waals surface area contributed by atoms with Crippen LogP contribution in [0.5, 0.6) is 0 Å². The molecule has 1 amide bonds. The third-order valence-electron chi connectivity index (χ3n) is 4.64. The van der Waals surface area contributed by atoms with Gasteiger partial charge in [0.2, 0.25) is 0 Å². The summed E-state index contributed by atoms with van der Waals surface area (Å²) in [5.74, 6) is 1.14. The molecule has 0 atom stereocenters. The van der Waals surface area contributed by atoms with Crippen molar-refractivity contribution in [2.75, 3.05) is 13.1 Å². The molecule has 8 nitrogen and oxygen atoms in total. The molecule has 3 aromatic rings. The summed E-state index contributed by atoms with van der Waals surface area (Å²) in [6.45, 7) is 1.18. The molecule has 1 saturated heterocycles. The van der Waals surface area contributed by atoms with Crippen LogP contribution in [0.1, 0.15) is 34.9 Å². The van der Waals surface area contributed by atoms with Gasteiger partial charge in [-0.25, -0.2) is 14.8 Å². The Labute approximate surface area is 159 Å². The number of likely N-dealkylation sites (tertiary alicyclic amines) is 1. The molecule has 0 aromatic carbocycles. The highest BCUT2D eigenvalue weighted by Crippen LogP contribution is 2.26. The number of hydrogen-bond acceptors (Lipinski definition) is 5. The van der Waals surface area contributed by atoms with Crippen molar-refractivity contribution in [1.82, 2.24) is 29.6 Å². The Morgan fingerprint density at radius 2 is 1.96 bits per heavy atom. The molecule has 138 valence electrons. The van der Waals surface area contributed by atoms with Crippen LogP contribution < -0.4 is 5.69 Å². The molecule has 0 saturated carbocycles. The van der Waals surface area contributed by atoms with E-state index in [0.717, 1.165) is 12.8 Å². The summed E-state index contributed by atoms with van der Waals surface area (Å²) in [7, 11) is 0. The Morgan fingerprint density at radius 3 is 2.63 bits per heavy atom. The number of aromatic nitrogens is 5. The first kappa shape index (κ1) is 17.4. The van der Waals surface area contributed by atoms with Gasteiger partial charge in [-0.2, -0.15) is 4.68 Å². The number of nitrogens with one attached hydrogen (secondary N) is 1. The first-order valence-electron chi connectivity index (χ1n) is 8.63. The van der Waals surface area contributed by atoms with Gasteiger partial charge in [-0.3, -0.25) is 9.78 Å². The molecule has 1 aliphatic heterocycles. The SMILES string of the molecule is O=C(c1ccc(Cl)nc1)N1CCC(c2nn(-c3ccccn3)c(=O)[nH]2)CC1. The maximum atomic E-state index is 12.6. The lowest BCUT2D eigenvalue weighted by atomic mass is 9.96. The lowest BCUT2D eigenvalue weighted by molar-refractivity contribution is 0.0710. The molecule has 27 heavy (non-hydrogen) atoms. The van der Waals surface area contributed by atoms with Crippen LogP contribution in [-0.2, 0) is 0 Å². The van der Waals surface area contributed by atoms with Crippen LogP contribution in [0.15, 0.2) is 47.5 Å². The predicted molar refractivity (Wildman–Crippen MR) is 99.1 cm³/mol. The highest BCUT2D eigenvalue weighted by atomic mass is 35.5. The van der Waals surface area contributed by atoms with Gasteiger partial charge in [-0.15, -0.1) is 5.10 Å². The quantitative estimate of drug-likeness (QED) is 0.697. The fourth-order valence-electron chi connectivity index (χ4n) is 3.20. The molecule has 0 aliphatic carbocycles. The third kappa shape index (κ3) is 3.61. The minimum atomic E-state index is -0.311. The van der Waals surface area contributed by atoms with Crippen LogP contribution in [0.25, 0.3) is 5.82 Å². The van der Waals surface area contributed by atoms with Crippen molar-refractivity contribution in [2.45, 2.75) is 18.8 Å². The topological polar surface area (TPSA) is 96.8 Å². The van der Waals surface area contributed by atoms with Gasteiger partial charge in [0.25, 0.3) is 5.91 Å². The van der Waals surface area contributed by atoms with Gasteiger partial charge in [0.05, 0.1) is 5.56 Å². The Bertz CT molecular complexity index is 991. The highest BCUT2D eigenvalue weighted by molar-refractivity contribution is 6.29. The van der Waals surface area contributed by atoms with Crippen molar-refractivity contribution in [2.24, 2.45) is 0 Å². The van der Waals surface area contributed by atoms with Crippen LogP contribution in [0.3, 0.4) is 0 Å². The Hall–Kier alpha value is -3.00. The summed E-state index contributed by atoms with van der Waals surface area (Å²) >= 11 is 5.77. The van der Waals surface area contributed by atoms with Gasteiger partial charge in [-0.05, 0) is 37.1 Å². The summed E-state index contributed by atoms with van der Waals surface area (Å²) in [5, 5.41) is 4.76. The number of amides is 1. The van der Waals surface area contributed by atoms with Gasteiger partial charge >= 0.3 is 5.69 Å². The van der Waals surface area contributed by atoms with Crippen molar-refractivity contribution in [3.05, 3.63) is 69.8 Å². The number of aromatic amines is 1. The van der Waals surface area contributed by atoms with Crippen LogP contribution in [-0.4, -0.2) is 48.6 Å². The number of hydrogen-bond donors (Lipinski definition) is 1. The predicted octanol–water partition coefficient (Wildman–Crippen LogP) is 2.02. The van der Waals surface area contributed by atoms with Crippen molar-refractivity contribution >= 4 is 17.5 Å². The number of carbonyl (C=O) groups excluding carboxylic acids is 1. The standard InChI is InChI=1S/C18H17ClN6O2/c19-14-5-4-13(11-21-14)17(26)24-9-6-12(7-10-24)16-22-18(27)25(23-16)15-3-1-2-8-20-15/h1-5,8,11-12H,6-7,9-10H2,(H,22,23,27).